The van der Waals surface area contributed by atoms with E-state index in [-0.39, 0.29) is 68.5 Å². The number of hydrogen-bond acceptors (Lipinski definition) is 29. The number of alkyl halides is 9. The van der Waals surface area contributed by atoms with Crippen molar-refractivity contribution < 1.29 is 80.9 Å². The third-order valence-electron chi connectivity index (χ3n) is 18.6. The summed E-state index contributed by atoms with van der Waals surface area (Å²) in [5.74, 6) is 6.82. The van der Waals surface area contributed by atoms with Crippen LogP contribution in [-0.4, -0.2) is 111 Å². The molecule has 0 amide bonds. The average Bonchev–Trinajstić information content (AvgIpc) is 1.77. The first-order chi connectivity index (χ1) is 62.9. The summed E-state index contributed by atoms with van der Waals surface area (Å²) in [5, 5.41) is 23.4. The molecule has 0 unspecified atom stereocenters. The SMILES string of the molecule is CCOc1cccc(-c2nc(-c3cccnc3)no2)c1.CCOc1cccc(-c2nc(-c3ccnc(N)c3)no2)c1.CCOc1cccc(-c2nc(-c3cncc(C)c3)no2)c1.Cc1ccc(-c2nc(-c3ccnc(N)c3)no2)cc1C(F)(F)F.Cc1cncc(-c2noc(-c3ccc(C)c(C(F)(F)F)c3)n2)c1.Cc1cnccc1-c1noc(-c2ccc(C)c(C(F)(F)F)c2)n1. The Morgan fingerprint density at radius 3 is 0.908 bits per heavy atom. The van der Waals surface area contributed by atoms with Crippen LogP contribution in [0.2, 0.25) is 0 Å². The number of rotatable bonds is 18. The van der Waals surface area contributed by atoms with Gasteiger partial charge in [-0.15, -0.1) is 0 Å². The standard InChI is InChI=1S/2C16H12F3N3O.C16H15N3O2.C15H11F3N4O.C15H14N4O2.C15H13N3O2/c1-9-5-12(8-20-7-9)14-21-15(23-22-14)11-4-3-10(2)13(6-11)16(17,18)19;1-9-3-4-11(7-13(9)16(17,18)19)15-21-14(22-23-15)12-5-6-20-8-10(12)2;1-3-20-14-6-4-5-12(8-14)16-18-15(19-21-16)13-7-11(2)9-17-10-13;1-8-2-3-10(6-11(8)15(16,17)18)14-21-13(22-23-14)9-4-5-20-12(19)7-9;1-2-20-12-5-3-4-11(8-12)15-18-14(19-21-15)10-6-7-17-13(16)9-10;1-2-19-13-7-3-5-11(9-13)15-17-14(18-20-15)12-6-4-8-16-10-12/h2*3-8H,1-2H3;4-10H,3H2,1-2H3;2-7H,1H3,(H2,19,20);3-9H,2H2,1H3,(H2,16,17);3-10H,2H2,1H3. The second kappa shape index (κ2) is 41.7. The van der Waals surface area contributed by atoms with E-state index in [0.717, 1.165) is 91.1 Å². The fraction of sp³-hybridized carbons (Fsp3) is 0.161. The van der Waals surface area contributed by atoms with Crippen molar-refractivity contribution in [3.8, 4) is 154 Å². The Kier molecular flexibility index (Phi) is 29.3. The van der Waals surface area contributed by atoms with Gasteiger partial charge in [0.15, 0.2) is 0 Å². The lowest BCUT2D eigenvalue weighted by Crippen LogP contribution is -2.07. The third kappa shape index (κ3) is 24.4. The molecule has 6 aromatic carbocycles. The summed E-state index contributed by atoms with van der Waals surface area (Å²) in [6, 6.07) is 50.3. The molecule has 0 spiro atoms. The quantitative estimate of drug-likeness (QED) is 0.0753. The fourth-order valence-electron chi connectivity index (χ4n) is 12.3. The fourth-order valence-corrected chi connectivity index (χ4v) is 12.3. The minimum Gasteiger partial charge on any atom is -0.494 e. The van der Waals surface area contributed by atoms with Gasteiger partial charge < -0.3 is 52.8 Å². The van der Waals surface area contributed by atoms with Crippen molar-refractivity contribution in [1.82, 2.24) is 90.7 Å². The molecule has 38 heteroatoms. The number of anilines is 2. The highest BCUT2D eigenvalue weighted by molar-refractivity contribution is 5.68. The summed E-state index contributed by atoms with van der Waals surface area (Å²) in [6.45, 7) is 17.6. The first-order valence-electron chi connectivity index (χ1n) is 39.8. The normalized spacial score (nSPS) is 11.1. The second-order valence-corrected chi connectivity index (χ2v) is 28.4. The minimum atomic E-state index is -4.44. The smallest absolute Gasteiger partial charge is 0.416 e. The number of halogens is 9. The highest BCUT2D eigenvalue weighted by Crippen LogP contribution is 2.40. The number of benzene rings is 6. The van der Waals surface area contributed by atoms with Crippen molar-refractivity contribution in [2.75, 3.05) is 31.3 Å². The van der Waals surface area contributed by atoms with Gasteiger partial charge in [-0.2, -0.15) is 69.4 Å². The zero-order chi connectivity index (χ0) is 92.9. The molecule has 0 radical (unpaired) electrons. The lowest BCUT2D eigenvalue weighted by Gasteiger charge is -2.10. The van der Waals surface area contributed by atoms with Crippen LogP contribution < -0.4 is 25.7 Å². The van der Waals surface area contributed by atoms with Gasteiger partial charge in [0, 0.05) is 129 Å². The Morgan fingerprint density at radius 1 is 0.275 bits per heavy atom. The number of aryl methyl sites for hydroxylation is 6. The molecule has 29 nitrogen and oxygen atoms in total. The number of pyridine rings is 6. The summed E-state index contributed by atoms with van der Waals surface area (Å²) in [5.41, 5.74) is 19.8. The number of hydrogen-bond donors (Lipinski definition) is 2. The van der Waals surface area contributed by atoms with Gasteiger partial charge in [0.2, 0.25) is 34.9 Å². The van der Waals surface area contributed by atoms with E-state index in [0.29, 0.717) is 77.7 Å². The van der Waals surface area contributed by atoms with Crippen LogP contribution in [0.25, 0.3) is 137 Å². The van der Waals surface area contributed by atoms with Crippen LogP contribution in [0.4, 0.5) is 51.1 Å². The van der Waals surface area contributed by atoms with Gasteiger partial charge in [-0.25, -0.2) is 9.97 Å². The Morgan fingerprint density at radius 2 is 0.588 bits per heavy atom. The number of nitrogen functional groups attached to an aromatic ring is 2. The Hall–Kier alpha value is -16.6. The molecule has 0 saturated heterocycles. The van der Waals surface area contributed by atoms with Gasteiger partial charge in [-0.05, 0) is 241 Å². The molecule has 12 aromatic heterocycles. The largest absolute Gasteiger partial charge is 0.494 e. The van der Waals surface area contributed by atoms with Crippen molar-refractivity contribution in [3.05, 3.63) is 294 Å². The van der Waals surface area contributed by atoms with Crippen LogP contribution in [0.3, 0.4) is 0 Å². The van der Waals surface area contributed by atoms with Gasteiger partial charge in [-0.1, -0.05) is 67.3 Å². The summed E-state index contributed by atoms with van der Waals surface area (Å²) in [4.78, 5) is 49.6. The molecule has 0 aliphatic heterocycles. The highest BCUT2D eigenvalue weighted by atomic mass is 19.4. The van der Waals surface area contributed by atoms with Crippen LogP contribution in [0, 0.1) is 41.5 Å². The van der Waals surface area contributed by atoms with Gasteiger partial charge in [0.1, 0.15) is 28.9 Å². The molecule has 131 heavy (non-hydrogen) atoms. The molecule has 0 aliphatic carbocycles. The first kappa shape index (κ1) is 92.1. The van der Waals surface area contributed by atoms with E-state index in [4.69, 9.17) is 52.8 Å². The van der Waals surface area contributed by atoms with E-state index < -0.39 is 35.2 Å². The third-order valence-corrected chi connectivity index (χ3v) is 18.6. The maximum Gasteiger partial charge on any atom is 0.416 e. The summed E-state index contributed by atoms with van der Waals surface area (Å²) in [7, 11) is 0. The minimum absolute atomic E-state index is 0.000818. The first-order valence-corrected chi connectivity index (χ1v) is 39.8. The molecule has 12 heterocycles. The van der Waals surface area contributed by atoms with E-state index in [1.165, 1.54) is 63.4 Å². The summed E-state index contributed by atoms with van der Waals surface area (Å²) < 4.78 is 164. The molecule has 0 atom stereocenters. The predicted octanol–water partition coefficient (Wildman–Crippen LogP) is 22.1. The zero-order valence-corrected chi connectivity index (χ0v) is 71.0. The number of aromatic nitrogens is 18. The Balaban J connectivity index is 0.000000134. The highest BCUT2D eigenvalue weighted by Gasteiger charge is 2.36. The van der Waals surface area contributed by atoms with Gasteiger partial charge in [0.05, 0.1) is 36.5 Å². The second-order valence-electron chi connectivity index (χ2n) is 28.4. The number of nitrogens with two attached hydrogens (primary N) is 2. The van der Waals surface area contributed by atoms with Gasteiger partial charge in [0.25, 0.3) is 35.3 Å². The van der Waals surface area contributed by atoms with Crippen LogP contribution in [0.5, 0.6) is 17.2 Å². The molecular formula is C93H77F9N20O9. The molecule has 0 fully saturated rings. The Labute approximate surface area is 740 Å². The van der Waals surface area contributed by atoms with Crippen LogP contribution in [-0.2, 0) is 18.5 Å². The van der Waals surface area contributed by atoms with E-state index in [1.54, 1.807) is 86.1 Å². The van der Waals surface area contributed by atoms with Crippen LogP contribution in [0.1, 0.15) is 70.8 Å². The average molecular weight is 1790 g/mol. The lowest BCUT2D eigenvalue weighted by atomic mass is 10.0. The predicted molar refractivity (Wildman–Crippen MR) is 464 cm³/mol. The molecule has 666 valence electrons. The topological polar surface area (TPSA) is 391 Å². The molecule has 0 aliphatic rings. The molecular weight excluding hydrogens is 1710 g/mol. The van der Waals surface area contributed by atoms with Crippen molar-refractivity contribution in [2.24, 2.45) is 0 Å². The van der Waals surface area contributed by atoms with Crippen molar-refractivity contribution in [1.29, 1.82) is 0 Å². The van der Waals surface area contributed by atoms with Crippen LogP contribution in [0.15, 0.2) is 271 Å². The Bertz CT molecular complexity index is 6600. The van der Waals surface area contributed by atoms with E-state index >= 15 is 0 Å². The van der Waals surface area contributed by atoms with Gasteiger partial charge in [-0.3, -0.25) is 19.9 Å². The van der Waals surface area contributed by atoms with Crippen molar-refractivity contribution in [3.63, 3.8) is 0 Å². The summed E-state index contributed by atoms with van der Waals surface area (Å²) in [6.07, 6.45) is 3.19. The number of nitrogens with zero attached hydrogens (tertiary/aromatic N) is 18. The van der Waals surface area contributed by atoms with E-state index in [1.807, 2.05) is 139 Å². The van der Waals surface area contributed by atoms with E-state index in [2.05, 4.69) is 90.7 Å². The monoisotopic (exact) mass is 1790 g/mol. The maximum atomic E-state index is 13.0. The molecule has 0 saturated carbocycles. The summed E-state index contributed by atoms with van der Waals surface area (Å²) >= 11 is 0. The van der Waals surface area contributed by atoms with Crippen molar-refractivity contribution in [2.45, 2.75) is 80.8 Å². The molecule has 4 N–H and O–H groups in total. The number of ether oxygens (including phenoxy) is 3. The van der Waals surface area contributed by atoms with Crippen molar-refractivity contribution >= 4 is 11.6 Å². The maximum absolute atomic E-state index is 13.0. The zero-order valence-electron chi connectivity index (χ0n) is 71.0. The van der Waals surface area contributed by atoms with Crippen LogP contribution >= 0.6 is 0 Å². The van der Waals surface area contributed by atoms with E-state index in [9.17, 15) is 39.5 Å². The van der Waals surface area contributed by atoms with Gasteiger partial charge >= 0.3 is 18.5 Å². The molecule has 0 bridgehead atoms. The molecule has 18 aromatic rings. The lowest BCUT2D eigenvalue weighted by molar-refractivity contribution is -0.138. The molecule has 18 rings (SSSR count).